The van der Waals surface area contributed by atoms with Crippen LogP contribution in [0.2, 0.25) is 5.02 Å². The number of oxime groups is 1. The maximum absolute atomic E-state index is 13.6. The summed E-state index contributed by atoms with van der Waals surface area (Å²) in [6.45, 7) is 4.62. The van der Waals surface area contributed by atoms with E-state index in [2.05, 4.69) is 15.5 Å². The summed E-state index contributed by atoms with van der Waals surface area (Å²) in [7, 11) is 0. The number of hydrogen-bond donors (Lipinski definition) is 4. The van der Waals surface area contributed by atoms with Gasteiger partial charge in [0.05, 0.1) is 59.7 Å². The van der Waals surface area contributed by atoms with Crippen LogP contribution < -0.4 is 16.2 Å². The Morgan fingerprint density at radius 3 is 2.58 bits per heavy atom. The molecule has 2 saturated heterocycles. The van der Waals surface area contributed by atoms with Gasteiger partial charge in [-0.2, -0.15) is 0 Å². The van der Waals surface area contributed by atoms with Crippen LogP contribution in [0.1, 0.15) is 46.4 Å². The SMILES string of the molecule is Cc1ccc(CO/N=C(\C(=O)C[C@@H]2C(=O)N3C(C(=O)[O-])=C(C[N+]4(CCNC(=O)c5ccc(O)c(O)c5Cl)CCCC4)CS[C@H]23)c2csc(N)n2)cc1. The number of ketones is 1. The fourth-order valence-electron chi connectivity index (χ4n) is 6.82. The van der Waals surface area contributed by atoms with Gasteiger partial charge < -0.3 is 40.5 Å². The van der Waals surface area contributed by atoms with Crippen molar-refractivity contribution in [2.75, 3.05) is 44.2 Å². The van der Waals surface area contributed by atoms with E-state index in [4.69, 9.17) is 22.2 Å². The summed E-state index contributed by atoms with van der Waals surface area (Å²) in [6, 6.07) is 10.1. The molecule has 6 rings (SSSR count). The van der Waals surface area contributed by atoms with Crippen LogP contribution in [0.25, 0.3) is 0 Å². The number of quaternary nitrogens is 1. The first kappa shape index (κ1) is 37.1. The van der Waals surface area contributed by atoms with E-state index in [1.165, 1.54) is 28.8 Å². The maximum atomic E-state index is 13.6. The van der Waals surface area contributed by atoms with Gasteiger partial charge in [-0.05, 0) is 24.6 Å². The van der Waals surface area contributed by atoms with E-state index in [0.717, 1.165) is 48.4 Å². The van der Waals surface area contributed by atoms with Crippen molar-refractivity contribution in [1.82, 2.24) is 15.2 Å². The van der Waals surface area contributed by atoms with E-state index in [0.29, 0.717) is 28.9 Å². The number of nitrogen functional groups attached to an aromatic ring is 1. The average molecular weight is 769 g/mol. The number of phenols is 2. The van der Waals surface area contributed by atoms with Crippen molar-refractivity contribution in [2.45, 2.75) is 38.2 Å². The molecule has 14 nitrogen and oxygen atoms in total. The zero-order valence-electron chi connectivity index (χ0n) is 28.2. The molecular weight excluding hydrogens is 732 g/mol. The lowest BCUT2D eigenvalue weighted by Crippen LogP contribution is -2.64. The fourth-order valence-corrected chi connectivity index (χ4v) is 9.02. The predicted molar refractivity (Wildman–Crippen MR) is 193 cm³/mol. The zero-order valence-corrected chi connectivity index (χ0v) is 30.6. The third-order valence-corrected chi connectivity index (χ3v) is 12.0. The minimum Gasteiger partial charge on any atom is -0.543 e. The van der Waals surface area contributed by atoms with Crippen LogP contribution in [0.4, 0.5) is 5.13 Å². The minimum atomic E-state index is -1.46. The Morgan fingerprint density at radius 2 is 1.90 bits per heavy atom. The number of anilines is 1. The number of aryl methyl sites for hydroxylation is 1. The summed E-state index contributed by atoms with van der Waals surface area (Å²) >= 11 is 8.59. The number of halogens is 1. The lowest BCUT2D eigenvalue weighted by molar-refractivity contribution is -0.911. The molecule has 1 aromatic heterocycles. The van der Waals surface area contributed by atoms with E-state index in [-0.39, 0.29) is 52.4 Å². The van der Waals surface area contributed by atoms with Gasteiger partial charge in [-0.1, -0.05) is 46.6 Å². The zero-order chi connectivity index (χ0) is 37.2. The Hall–Kier alpha value is -4.64. The lowest BCUT2D eigenvalue weighted by atomic mass is 9.89. The number of β-lactam (4-membered cyclic amide) rings is 1. The molecule has 0 saturated carbocycles. The Kier molecular flexibility index (Phi) is 11.1. The first-order valence-electron chi connectivity index (χ1n) is 16.6. The van der Waals surface area contributed by atoms with Gasteiger partial charge in [0.2, 0.25) is 5.91 Å². The van der Waals surface area contributed by atoms with Crippen molar-refractivity contribution < 1.29 is 43.8 Å². The Labute approximate surface area is 312 Å². The number of hydrogen-bond acceptors (Lipinski definition) is 13. The van der Waals surface area contributed by atoms with Crippen LogP contribution in [0.3, 0.4) is 0 Å². The molecule has 2 aromatic carbocycles. The number of thioether (sulfide) groups is 1. The summed E-state index contributed by atoms with van der Waals surface area (Å²) in [5.41, 5.74) is 8.33. The van der Waals surface area contributed by atoms with Gasteiger partial charge >= 0.3 is 0 Å². The number of aliphatic carboxylic acids is 1. The molecular formula is C35H37ClN6O8S2. The minimum absolute atomic E-state index is 0.00909. The molecule has 17 heteroatoms. The highest BCUT2D eigenvalue weighted by Crippen LogP contribution is 2.46. The van der Waals surface area contributed by atoms with Crippen molar-refractivity contribution in [3.8, 4) is 11.5 Å². The molecule has 0 unspecified atom stereocenters. The average Bonchev–Trinajstić information content (AvgIpc) is 3.77. The van der Waals surface area contributed by atoms with Crippen LogP contribution in [0, 0.1) is 12.8 Å². The monoisotopic (exact) mass is 768 g/mol. The van der Waals surface area contributed by atoms with Crippen molar-refractivity contribution in [2.24, 2.45) is 11.1 Å². The second-order valence-electron chi connectivity index (χ2n) is 13.1. The topological polar surface area (TPSA) is 208 Å². The number of aromatic nitrogens is 1. The number of thiazole rings is 1. The largest absolute Gasteiger partial charge is 0.543 e. The quantitative estimate of drug-likeness (QED) is 0.0616. The van der Waals surface area contributed by atoms with Gasteiger partial charge in [-0.3, -0.25) is 19.3 Å². The second-order valence-corrected chi connectivity index (χ2v) is 15.5. The number of Topliss-reactive ketones (excluding diaryl/α,β-unsaturated/α-hetero) is 1. The number of phenolic OH excluding ortho intramolecular Hbond substituents is 2. The van der Waals surface area contributed by atoms with Gasteiger partial charge in [0, 0.05) is 36.0 Å². The lowest BCUT2D eigenvalue weighted by Gasteiger charge is -2.51. The molecule has 0 bridgehead atoms. The maximum Gasteiger partial charge on any atom is 0.253 e. The van der Waals surface area contributed by atoms with Crippen LogP contribution in [0.5, 0.6) is 11.5 Å². The van der Waals surface area contributed by atoms with Crippen LogP contribution >= 0.6 is 34.7 Å². The highest BCUT2D eigenvalue weighted by atomic mass is 35.5. The van der Waals surface area contributed by atoms with Crippen molar-refractivity contribution in [3.63, 3.8) is 0 Å². The molecule has 0 radical (unpaired) electrons. The molecule has 5 N–H and O–H groups in total. The summed E-state index contributed by atoms with van der Waals surface area (Å²) < 4.78 is 0.495. The third kappa shape index (κ3) is 7.74. The second kappa shape index (κ2) is 15.5. The summed E-state index contributed by atoms with van der Waals surface area (Å²) in [4.78, 5) is 63.6. The number of carboxylic acid groups (broad SMARTS) is 1. The molecule has 2 amide bonds. The van der Waals surface area contributed by atoms with E-state index in [1.807, 2.05) is 31.2 Å². The molecule has 3 aliphatic rings. The number of carbonyl (C=O) groups is 4. The van der Waals surface area contributed by atoms with Crippen molar-refractivity contribution in [3.05, 3.63) is 80.5 Å². The molecule has 0 aliphatic carbocycles. The van der Waals surface area contributed by atoms with E-state index >= 15 is 0 Å². The molecule has 274 valence electrons. The Balaban J connectivity index is 1.13. The number of aromatic hydroxyl groups is 2. The normalized spacial score (nSPS) is 19.6. The number of fused-ring (bicyclic) bond motifs is 1. The molecule has 2 fully saturated rings. The van der Waals surface area contributed by atoms with Gasteiger partial charge in [0.25, 0.3) is 5.91 Å². The summed E-state index contributed by atoms with van der Waals surface area (Å²) in [5.74, 6) is -4.46. The van der Waals surface area contributed by atoms with E-state index in [1.54, 1.807) is 5.38 Å². The molecule has 52 heavy (non-hydrogen) atoms. The highest BCUT2D eigenvalue weighted by molar-refractivity contribution is 8.00. The van der Waals surface area contributed by atoms with Crippen molar-refractivity contribution in [1.29, 1.82) is 0 Å². The van der Waals surface area contributed by atoms with Crippen LogP contribution in [0.15, 0.2) is 58.2 Å². The molecule has 0 spiro atoms. The Morgan fingerprint density at radius 1 is 1.17 bits per heavy atom. The molecule has 3 aliphatic heterocycles. The fraction of sp³-hybridized carbons (Fsp3) is 0.371. The number of rotatable bonds is 14. The molecule has 3 aromatic rings. The molecule has 2 atom stereocenters. The highest BCUT2D eigenvalue weighted by Gasteiger charge is 2.53. The van der Waals surface area contributed by atoms with Crippen molar-refractivity contribution >= 4 is 69.1 Å². The van der Waals surface area contributed by atoms with Gasteiger partial charge in [0.1, 0.15) is 18.8 Å². The number of nitrogens with two attached hydrogens (primary N) is 1. The number of carboxylic acids is 1. The number of nitrogens with one attached hydrogen (secondary N) is 1. The first-order valence-corrected chi connectivity index (χ1v) is 18.9. The third-order valence-electron chi connectivity index (χ3n) is 9.54. The van der Waals surface area contributed by atoms with E-state index < -0.39 is 46.4 Å². The standard InChI is InChI=1S/C35H37ClN6O8S2/c1-19-4-6-20(7-5-19)16-50-40-28(24-18-52-35(37)39-24)26(44)14-23-32(47)41-29(34(48)49)21(17-51-33(23)41)15-42(11-2-3-12-42)13-10-38-31(46)22-8-9-25(43)30(45)27(22)36/h4-9,18,23,33H,2-3,10-17H2,1H3,(H5-,37,38,39,40,43,44,45,46,48,49)/t23-,33-/m1/s1. The predicted octanol–water partition coefficient (Wildman–Crippen LogP) is 2.55. The van der Waals surface area contributed by atoms with Gasteiger partial charge in [-0.15, -0.1) is 23.1 Å². The Bertz CT molecular complexity index is 1960. The van der Waals surface area contributed by atoms with Crippen LogP contribution in [-0.4, -0.2) is 97.7 Å². The summed E-state index contributed by atoms with van der Waals surface area (Å²) in [6.07, 6.45) is 1.59. The smallest absolute Gasteiger partial charge is 0.253 e. The number of likely N-dealkylation sites (tertiary alicyclic amines) is 1. The summed E-state index contributed by atoms with van der Waals surface area (Å²) in [5, 5.41) is 40.0. The molecule has 4 heterocycles. The number of benzene rings is 2. The van der Waals surface area contributed by atoms with Gasteiger partial charge in [-0.25, -0.2) is 4.98 Å². The first-order chi connectivity index (χ1) is 24.9. The van der Waals surface area contributed by atoms with Gasteiger partial charge in [0.15, 0.2) is 28.1 Å². The number of nitrogens with zero attached hydrogens (tertiary/aromatic N) is 4. The van der Waals surface area contributed by atoms with E-state index in [9.17, 15) is 34.5 Å². The van der Waals surface area contributed by atoms with Crippen LogP contribution in [-0.2, 0) is 25.8 Å². The number of carbonyl (C=O) groups excluding carboxylic acids is 4. The number of amides is 2.